The average molecular weight is 306 g/mol. The molecule has 0 spiro atoms. The number of rotatable bonds is 0. The zero-order valence-corrected chi connectivity index (χ0v) is 11.0. The molecule has 1 heterocycles. The van der Waals surface area contributed by atoms with Gasteiger partial charge in [-0.1, -0.05) is 12.8 Å². The lowest BCUT2D eigenvalue weighted by Crippen LogP contribution is -1.98. The molecule has 0 atom stereocenters. The molecule has 2 rings (SSSR count). The minimum absolute atomic E-state index is 1.33. The Morgan fingerprint density at radius 3 is 2.31 bits per heavy atom. The number of fused-ring (bicyclic) bond motifs is 1. The second-order valence-electron chi connectivity index (χ2n) is 3.80. The largest absolute Gasteiger partial charge is 0.134 e. The highest BCUT2D eigenvalue weighted by Gasteiger charge is 2.14. The molecule has 0 saturated heterocycles. The van der Waals surface area contributed by atoms with E-state index in [1.807, 2.05) is 11.3 Å². The number of aryl methyl sites for hydroxylation is 1. The molecule has 0 amide bonds. The summed E-state index contributed by atoms with van der Waals surface area (Å²) in [4.78, 5) is 1.57. The van der Waals surface area contributed by atoms with Crippen molar-refractivity contribution in [1.82, 2.24) is 0 Å². The lowest BCUT2D eigenvalue weighted by Gasteiger charge is -2.10. The maximum atomic E-state index is 2.51. The summed E-state index contributed by atoms with van der Waals surface area (Å²) >= 11 is 4.50. The third kappa shape index (κ3) is 2.09. The average Bonchev–Trinajstić information content (AvgIpc) is 2.25. The van der Waals surface area contributed by atoms with Crippen molar-refractivity contribution in [2.45, 2.75) is 45.4 Å². The Kier molecular flexibility index (Phi) is 3.30. The first-order chi connectivity index (χ1) is 6.29. The van der Waals surface area contributed by atoms with Crippen LogP contribution in [-0.4, -0.2) is 0 Å². The Morgan fingerprint density at radius 2 is 1.62 bits per heavy atom. The van der Waals surface area contributed by atoms with Gasteiger partial charge >= 0.3 is 0 Å². The highest BCUT2D eigenvalue weighted by atomic mass is 127. The van der Waals surface area contributed by atoms with Gasteiger partial charge in [-0.25, -0.2) is 0 Å². The summed E-state index contributed by atoms with van der Waals surface area (Å²) in [5.41, 5.74) is 3.37. The Bertz CT molecular complexity index is 273. The molecule has 0 bridgehead atoms. The van der Waals surface area contributed by atoms with Gasteiger partial charge in [-0.05, 0) is 66.3 Å². The molecule has 0 aromatic carbocycles. The Hall–Kier alpha value is 0.430. The minimum Gasteiger partial charge on any atom is -0.134 e. The minimum atomic E-state index is 1.33. The molecule has 0 radical (unpaired) electrons. The SMILES string of the molecule is Cc1sc(I)c2c1CCCCCC2. The first-order valence-corrected chi connectivity index (χ1v) is 6.95. The van der Waals surface area contributed by atoms with Crippen LogP contribution in [0.3, 0.4) is 0 Å². The first kappa shape index (κ1) is 9.97. The van der Waals surface area contributed by atoms with Crippen LogP contribution in [0, 0.1) is 9.81 Å². The molecule has 2 heteroatoms. The second-order valence-corrected chi connectivity index (χ2v) is 6.84. The van der Waals surface area contributed by atoms with Gasteiger partial charge < -0.3 is 0 Å². The third-order valence-electron chi connectivity index (χ3n) is 2.87. The fraction of sp³-hybridized carbons (Fsp3) is 0.636. The highest BCUT2D eigenvalue weighted by molar-refractivity contribution is 14.1. The Balaban J connectivity index is 2.35. The molecule has 0 saturated carbocycles. The number of hydrogen-bond acceptors (Lipinski definition) is 1. The lowest BCUT2D eigenvalue weighted by molar-refractivity contribution is 0.617. The lowest BCUT2D eigenvalue weighted by atomic mass is 9.96. The summed E-state index contributed by atoms with van der Waals surface area (Å²) < 4.78 is 1.55. The molecule has 1 aliphatic carbocycles. The van der Waals surface area contributed by atoms with Gasteiger partial charge in [0.2, 0.25) is 0 Å². The van der Waals surface area contributed by atoms with Crippen molar-refractivity contribution in [2.24, 2.45) is 0 Å². The van der Waals surface area contributed by atoms with Crippen molar-refractivity contribution < 1.29 is 0 Å². The van der Waals surface area contributed by atoms with Crippen molar-refractivity contribution in [3.05, 3.63) is 18.9 Å². The van der Waals surface area contributed by atoms with Crippen LogP contribution in [0.5, 0.6) is 0 Å². The monoisotopic (exact) mass is 306 g/mol. The Morgan fingerprint density at radius 1 is 1.00 bits per heavy atom. The predicted octanol–water partition coefficient (Wildman–Crippen LogP) is 4.32. The van der Waals surface area contributed by atoms with Crippen LogP contribution in [-0.2, 0) is 12.8 Å². The summed E-state index contributed by atoms with van der Waals surface area (Å²) in [6.07, 6.45) is 8.34. The normalized spacial score (nSPS) is 17.7. The maximum Gasteiger partial charge on any atom is 0.0691 e. The van der Waals surface area contributed by atoms with Crippen LogP contribution in [0.1, 0.15) is 41.7 Å². The molecule has 1 aromatic heterocycles. The zero-order valence-electron chi connectivity index (χ0n) is 8.03. The predicted molar refractivity (Wildman–Crippen MR) is 67.6 cm³/mol. The summed E-state index contributed by atoms with van der Waals surface area (Å²) in [5, 5.41) is 0. The van der Waals surface area contributed by atoms with E-state index in [4.69, 9.17) is 0 Å². The topological polar surface area (TPSA) is 0 Å². The molecule has 13 heavy (non-hydrogen) atoms. The second kappa shape index (κ2) is 4.30. The van der Waals surface area contributed by atoms with Crippen molar-refractivity contribution in [1.29, 1.82) is 0 Å². The summed E-state index contributed by atoms with van der Waals surface area (Å²) in [7, 11) is 0. The number of thiophene rings is 1. The van der Waals surface area contributed by atoms with Crippen LogP contribution in [0.2, 0.25) is 0 Å². The van der Waals surface area contributed by atoms with Crippen LogP contribution in [0.25, 0.3) is 0 Å². The van der Waals surface area contributed by atoms with Gasteiger partial charge in [-0.3, -0.25) is 0 Å². The Labute approximate surface area is 97.9 Å². The zero-order chi connectivity index (χ0) is 9.26. The summed E-state index contributed by atoms with van der Waals surface area (Å²) in [5.74, 6) is 0. The van der Waals surface area contributed by atoms with Crippen molar-refractivity contribution in [3.8, 4) is 0 Å². The van der Waals surface area contributed by atoms with Gasteiger partial charge in [-0.15, -0.1) is 11.3 Å². The molecule has 0 unspecified atom stereocenters. The highest BCUT2D eigenvalue weighted by Crippen LogP contribution is 2.33. The van der Waals surface area contributed by atoms with E-state index < -0.39 is 0 Å². The van der Waals surface area contributed by atoms with Crippen LogP contribution in [0.4, 0.5) is 0 Å². The van der Waals surface area contributed by atoms with Crippen molar-refractivity contribution >= 4 is 33.9 Å². The molecule has 0 aliphatic heterocycles. The van der Waals surface area contributed by atoms with Crippen molar-refractivity contribution in [3.63, 3.8) is 0 Å². The van der Waals surface area contributed by atoms with E-state index >= 15 is 0 Å². The molecular formula is C11H15IS. The van der Waals surface area contributed by atoms with Crippen molar-refractivity contribution in [2.75, 3.05) is 0 Å². The van der Waals surface area contributed by atoms with Gasteiger partial charge in [0, 0.05) is 4.88 Å². The molecule has 0 nitrogen and oxygen atoms in total. The van der Waals surface area contributed by atoms with Crippen LogP contribution < -0.4 is 0 Å². The standard InChI is InChI=1S/C11H15IS/c1-8-9-6-4-2-3-5-7-10(9)11(12)13-8/h2-7H2,1H3. The van der Waals surface area contributed by atoms with E-state index in [9.17, 15) is 0 Å². The van der Waals surface area contributed by atoms with E-state index in [1.165, 1.54) is 38.5 Å². The van der Waals surface area contributed by atoms with Gasteiger partial charge in [0.1, 0.15) is 0 Å². The first-order valence-electron chi connectivity index (χ1n) is 5.05. The number of hydrogen-bond donors (Lipinski definition) is 0. The van der Waals surface area contributed by atoms with Crippen LogP contribution in [0.15, 0.2) is 0 Å². The van der Waals surface area contributed by atoms with E-state index in [0.29, 0.717) is 0 Å². The quantitative estimate of drug-likeness (QED) is 0.626. The molecule has 0 N–H and O–H groups in total. The summed E-state index contributed by atoms with van der Waals surface area (Å²) in [6, 6.07) is 0. The van der Waals surface area contributed by atoms with Gasteiger partial charge in [0.05, 0.1) is 2.88 Å². The third-order valence-corrected chi connectivity index (χ3v) is 5.16. The molecule has 1 aromatic rings. The fourth-order valence-electron chi connectivity index (χ4n) is 2.12. The number of halogens is 1. The molecule has 1 aliphatic rings. The summed E-state index contributed by atoms with van der Waals surface area (Å²) in [6.45, 7) is 2.28. The van der Waals surface area contributed by atoms with E-state index in [0.717, 1.165) is 0 Å². The van der Waals surface area contributed by atoms with Crippen LogP contribution >= 0.6 is 33.9 Å². The van der Waals surface area contributed by atoms with E-state index in [-0.39, 0.29) is 0 Å². The molecule has 72 valence electrons. The smallest absolute Gasteiger partial charge is 0.0691 e. The molecular weight excluding hydrogens is 291 g/mol. The van der Waals surface area contributed by atoms with Gasteiger partial charge in [0.25, 0.3) is 0 Å². The fourth-order valence-corrected chi connectivity index (χ4v) is 4.67. The maximum absolute atomic E-state index is 2.51. The van der Waals surface area contributed by atoms with Gasteiger partial charge in [-0.2, -0.15) is 0 Å². The van der Waals surface area contributed by atoms with E-state index in [1.54, 1.807) is 18.9 Å². The van der Waals surface area contributed by atoms with E-state index in [2.05, 4.69) is 29.5 Å². The molecule has 0 fully saturated rings. The van der Waals surface area contributed by atoms with Gasteiger partial charge in [0.15, 0.2) is 0 Å².